The number of nitrogens with two attached hydrogens (primary N) is 1. The van der Waals surface area contributed by atoms with Crippen molar-refractivity contribution in [3.8, 4) is 0 Å². The van der Waals surface area contributed by atoms with Crippen LogP contribution in [0.1, 0.15) is 37.8 Å². The summed E-state index contributed by atoms with van der Waals surface area (Å²) >= 11 is 0. The van der Waals surface area contributed by atoms with Gasteiger partial charge in [-0.1, -0.05) is 29.8 Å². The first kappa shape index (κ1) is 14.1. The van der Waals surface area contributed by atoms with Crippen molar-refractivity contribution in [2.45, 2.75) is 51.6 Å². The molecule has 1 aliphatic rings. The molecule has 1 aromatic carbocycles. The van der Waals surface area contributed by atoms with Crippen molar-refractivity contribution in [1.29, 1.82) is 0 Å². The molecule has 1 fully saturated rings. The lowest BCUT2D eigenvalue weighted by molar-refractivity contribution is -0.138. The number of piperidine rings is 1. The fourth-order valence-corrected chi connectivity index (χ4v) is 2.85. The van der Waals surface area contributed by atoms with Crippen LogP contribution in [0.15, 0.2) is 24.3 Å². The van der Waals surface area contributed by atoms with E-state index in [1.54, 1.807) is 0 Å². The van der Waals surface area contributed by atoms with E-state index in [0.29, 0.717) is 6.42 Å². The number of rotatable bonds is 2. The number of hydrogen-bond donors (Lipinski definition) is 1. The second-order valence-electron chi connectivity index (χ2n) is 6.11. The Labute approximate surface area is 115 Å². The van der Waals surface area contributed by atoms with Crippen molar-refractivity contribution in [2.75, 3.05) is 6.54 Å². The Balaban J connectivity index is 2.11. The third-order valence-corrected chi connectivity index (χ3v) is 4.24. The maximum Gasteiger partial charge on any atom is 0.227 e. The number of nitrogens with zero attached hydrogens (tertiary/aromatic N) is 1. The minimum atomic E-state index is -0.237. The lowest BCUT2D eigenvalue weighted by atomic mass is 9.85. The molecule has 0 spiro atoms. The van der Waals surface area contributed by atoms with E-state index in [9.17, 15) is 4.79 Å². The summed E-state index contributed by atoms with van der Waals surface area (Å²) in [6.45, 7) is 7.02. The number of carbonyl (C=O) groups excluding carboxylic acids is 1. The van der Waals surface area contributed by atoms with Crippen LogP contribution in [0.3, 0.4) is 0 Å². The largest absolute Gasteiger partial charge is 0.336 e. The number of benzene rings is 1. The highest BCUT2D eigenvalue weighted by molar-refractivity contribution is 5.79. The van der Waals surface area contributed by atoms with Crippen LogP contribution in [0, 0.1) is 6.92 Å². The van der Waals surface area contributed by atoms with Crippen molar-refractivity contribution >= 4 is 5.91 Å². The van der Waals surface area contributed by atoms with E-state index < -0.39 is 0 Å². The molecule has 0 aliphatic carbocycles. The van der Waals surface area contributed by atoms with Crippen molar-refractivity contribution in [3.05, 3.63) is 35.4 Å². The third-order valence-electron chi connectivity index (χ3n) is 4.24. The topological polar surface area (TPSA) is 46.3 Å². The summed E-state index contributed by atoms with van der Waals surface area (Å²) in [5.74, 6) is 0.186. The number of carbonyl (C=O) groups is 1. The minimum absolute atomic E-state index is 0.0720. The molecule has 1 unspecified atom stereocenters. The Morgan fingerprint density at radius 2 is 2.21 bits per heavy atom. The highest BCUT2D eigenvalue weighted by Crippen LogP contribution is 2.27. The number of amides is 1. The van der Waals surface area contributed by atoms with Gasteiger partial charge in [0.2, 0.25) is 5.91 Å². The molecule has 2 N–H and O–H groups in total. The summed E-state index contributed by atoms with van der Waals surface area (Å²) in [5.41, 5.74) is 8.21. The first-order valence-electron chi connectivity index (χ1n) is 7.03. The molecule has 1 saturated heterocycles. The summed E-state index contributed by atoms with van der Waals surface area (Å²) in [6.07, 6.45) is 2.48. The zero-order chi connectivity index (χ0) is 14.0. The number of likely N-dealkylation sites (tertiary alicyclic amines) is 1. The Bertz CT molecular complexity index is 468. The van der Waals surface area contributed by atoms with Crippen LogP contribution in [0.5, 0.6) is 0 Å². The van der Waals surface area contributed by atoms with Gasteiger partial charge in [-0.25, -0.2) is 0 Å². The third kappa shape index (κ3) is 2.98. The summed E-state index contributed by atoms with van der Waals surface area (Å²) in [6, 6.07) is 8.22. The smallest absolute Gasteiger partial charge is 0.227 e. The molecule has 0 bridgehead atoms. The highest BCUT2D eigenvalue weighted by Gasteiger charge is 2.38. The molecule has 0 radical (unpaired) electrons. The molecular formula is C16H24N2O. The molecule has 2 rings (SSSR count). The summed E-state index contributed by atoms with van der Waals surface area (Å²) in [7, 11) is 0. The van der Waals surface area contributed by atoms with Crippen LogP contribution in [0.4, 0.5) is 0 Å². The molecule has 104 valence electrons. The predicted molar refractivity (Wildman–Crippen MR) is 77.9 cm³/mol. The van der Waals surface area contributed by atoms with Gasteiger partial charge >= 0.3 is 0 Å². The molecule has 3 nitrogen and oxygen atoms in total. The van der Waals surface area contributed by atoms with Crippen LogP contribution in [-0.4, -0.2) is 28.9 Å². The lowest BCUT2D eigenvalue weighted by Crippen LogP contribution is -2.61. The molecule has 1 atom stereocenters. The van der Waals surface area contributed by atoms with Gasteiger partial charge in [-0.2, -0.15) is 0 Å². The Kier molecular flexibility index (Phi) is 3.95. The first-order chi connectivity index (χ1) is 8.91. The van der Waals surface area contributed by atoms with Crippen molar-refractivity contribution < 1.29 is 4.79 Å². The Morgan fingerprint density at radius 1 is 1.47 bits per heavy atom. The van der Waals surface area contributed by atoms with E-state index >= 15 is 0 Å². The zero-order valence-corrected chi connectivity index (χ0v) is 12.1. The molecule has 0 aromatic heterocycles. The van der Waals surface area contributed by atoms with Crippen LogP contribution in [0.2, 0.25) is 0 Å². The maximum absolute atomic E-state index is 12.5. The van der Waals surface area contributed by atoms with Gasteiger partial charge in [-0.05, 0) is 39.2 Å². The summed E-state index contributed by atoms with van der Waals surface area (Å²) in [4.78, 5) is 14.5. The molecule has 19 heavy (non-hydrogen) atoms. The van der Waals surface area contributed by atoms with E-state index in [0.717, 1.165) is 24.9 Å². The average molecular weight is 260 g/mol. The maximum atomic E-state index is 12.5. The quantitative estimate of drug-likeness (QED) is 0.886. The standard InChI is InChI=1S/C16H24N2O/c1-12-6-4-7-13(10-12)11-15(19)18-9-5-8-14(17)16(18,2)3/h4,6-7,10,14H,5,8-9,11,17H2,1-3H3. The van der Waals surface area contributed by atoms with Crippen molar-refractivity contribution in [1.82, 2.24) is 4.90 Å². The van der Waals surface area contributed by atoms with Crippen LogP contribution >= 0.6 is 0 Å². The fourth-order valence-electron chi connectivity index (χ4n) is 2.85. The van der Waals surface area contributed by atoms with Gasteiger partial charge < -0.3 is 10.6 Å². The first-order valence-corrected chi connectivity index (χ1v) is 7.03. The van der Waals surface area contributed by atoms with E-state index in [4.69, 9.17) is 5.73 Å². The van der Waals surface area contributed by atoms with E-state index in [-0.39, 0.29) is 17.5 Å². The second kappa shape index (κ2) is 5.33. The number of hydrogen-bond acceptors (Lipinski definition) is 2. The summed E-state index contributed by atoms with van der Waals surface area (Å²) in [5, 5.41) is 0. The van der Waals surface area contributed by atoms with Crippen LogP contribution in [0.25, 0.3) is 0 Å². The minimum Gasteiger partial charge on any atom is -0.336 e. The van der Waals surface area contributed by atoms with Gasteiger partial charge in [0.05, 0.1) is 12.0 Å². The molecule has 1 amide bonds. The van der Waals surface area contributed by atoms with E-state index in [1.165, 1.54) is 5.56 Å². The van der Waals surface area contributed by atoms with Gasteiger partial charge in [0.25, 0.3) is 0 Å². The van der Waals surface area contributed by atoms with E-state index in [1.807, 2.05) is 17.0 Å². The van der Waals surface area contributed by atoms with Crippen molar-refractivity contribution in [2.24, 2.45) is 5.73 Å². The molecule has 1 heterocycles. The van der Waals surface area contributed by atoms with Crippen molar-refractivity contribution in [3.63, 3.8) is 0 Å². The average Bonchev–Trinajstić information content (AvgIpc) is 2.32. The van der Waals surface area contributed by atoms with Crippen LogP contribution in [-0.2, 0) is 11.2 Å². The molecule has 0 saturated carbocycles. The highest BCUT2D eigenvalue weighted by atomic mass is 16.2. The Morgan fingerprint density at radius 3 is 2.89 bits per heavy atom. The zero-order valence-electron chi connectivity index (χ0n) is 12.1. The van der Waals surface area contributed by atoms with Gasteiger partial charge in [-0.3, -0.25) is 4.79 Å². The Hall–Kier alpha value is -1.35. The van der Waals surface area contributed by atoms with Crippen LogP contribution < -0.4 is 5.73 Å². The summed E-state index contributed by atoms with van der Waals surface area (Å²) < 4.78 is 0. The SMILES string of the molecule is Cc1cccc(CC(=O)N2CCCC(N)C2(C)C)c1. The van der Waals surface area contributed by atoms with Gasteiger partial charge in [0, 0.05) is 12.6 Å². The van der Waals surface area contributed by atoms with E-state index in [2.05, 4.69) is 32.9 Å². The molecule has 1 aromatic rings. The van der Waals surface area contributed by atoms with Gasteiger partial charge in [0.1, 0.15) is 0 Å². The normalized spacial score (nSPS) is 22.3. The lowest BCUT2D eigenvalue weighted by Gasteiger charge is -2.46. The fraction of sp³-hybridized carbons (Fsp3) is 0.562. The predicted octanol–water partition coefficient (Wildman–Crippen LogP) is 2.27. The number of aryl methyl sites for hydroxylation is 1. The van der Waals surface area contributed by atoms with Gasteiger partial charge in [-0.15, -0.1) is 0 Å². The molecular weight excluding hydrogens is 236 g/mol. The second-order valence-corrected chi connectivity index (χ2v) is 6.11. The monoisotopic (exact) mass is 260 g/mol. The molecule has 1 aliphatic heterocycles. The van der Waals surface area contributed by atoms with Gasteiger partial charge in [0.15, 0.2) is 0 Å². The molecule has 3 heteroatoms.